The molecule has 1 unspecified atom stereocenters. The van der Waals surface area contributed by atoms with Crippen LogP contribution < -0.4 is 5.73 Å². The first-order chi connectivity index (χ1) is 7.17. The molecule has 1 aromatic heterocycles. The predicted molar refractivity (Wildman–Crippen MR) is 60.4 cm³/mol. The van der Waals surface area contributed by atoms with Gasteiger partial charge in [-0.05, 0) is 18.6 Å². The Hall–Kier alpha value is -1.25. The molecule has 0 amide bonds. The molecule has 0 aromatic carbocycles. The Bertz CT molecular complexity index is 375. The number of aromatic nitrogens is 1. The smallest absolute Gasteiger partial charge is 0.164 e. The van der Waals surface area contributed by atoms with Gasteiger partial charge in [0, 0.05) is 11.9 Å². The maximum atomic E-state index is 8.75. The van der Waals surface area contributed by atoms with E-state index in [1.165, 1.54) is 11.8 Å². The number of aliphatic hydroxyl groups excluding tert-OH is 1. The molecule has 0 spiro atoms. The van der Waals surface area contributed by atoms with Crippen molar-refractivity contribution in [3.05, 3.63) is 17.8 Å². The zero-order valence-electron chi connectivity index (χ0n) is 8.47. The van der Waals surface area contributed by atoms with Gasteiger partial charge in [-0.1, -0.05) is 6.92 Å². The van der Waals surface area contributed by atoms with Crippen molar-refractivity contribution in [1.29, 1.82) is 5.26 Å². The summed E-state index contributed by atoms with van der Waals surface area (Å²) in [6, 6.07) is 5.41. The second kappa shape index (κ2) is 5.59. The molecule has 0 bridgehead atoms. The van der Waals surface area contributed by atoms with Crippen LogP contribution in [0.1, 0.15) is 19.0 Å². The number of anilines is 1. The molecule has 3 N–H and O–H groups in total. The molecule has 15 heavy (non-hydrogen) atoms. The Morgan fingerprint density at radius 1 is 1.67 bits per heavy atom. The molecule has 0 aliphatic carbocycles. The highest BCUT2D eigenvalue weighted by molar-refractivity contribution is 7.99. The first kappa shape index (κ1) is 11.8. The molecular weight excluding hydrogens is 210 g/mol. The molecule has 0 aliphatic heterocycles. The van der Waals surface area contributed by atoms with Crippen LogP contribution in [0.15, 0.2) is 17.2 Å². The van der Waals surface area contributed by atoms with Gasteiger partial charge in [0.1, 0.15) is 6.07 Å². The van der Waals surface area contributed by atoms with Crippen molar-refractivity contribution in [3.63, 3.8) is 0 Å². The summed E-state index contributed by atoms with van der Waals surface area (Å²) in [5.74, 6) is 0. The van der Waals surface area contributed by atoms with Crippen molar-refractivity contribution in [3.8, 4) is 6.07 Å². The van der Waals surface area contributed by atoms with Gasteiger partial charge in [-0.2, -0.15) is 5.26 Å². The highest BCUT2D eigenvalue weighted by Gasteiger charge is 2.07. The predicted octanol–water partition coefficient (Wildman–Crippen LogP) is 1.40. The summed E-state index contributed by atoms with van der Waals surface area (Å²) >= 11 is 1.53. The quantitative estimate of drug-likeness (QED) is 0.754. The van der Waals surface area contributed by atoms with Crippen LogP contribution in [0.25, 0.3) is 0 Å². The molecule has 1 aromatic rings. The number of nitrogen functional groups attached to an aromatic ring is 1. The molecule has 0 radical (unpaired) electrons. The van der Waals surface area contributed by atoms with Gasteiger partial charge < -0.3 is 10.8 Å². The normalized spacial score (nSPS) is 12.1. The van der Waals surface area contributed by atoms with E-state index in [1.807, 2.05) is 13.0 Å². The monoisotopic (exact) mass is 223 g/mol. The van der Waals surface area contributed by atoms with Gasteiger partial charge in [-0.25, -0.2) is 4.98 Å². The van der Waals surface area contributed by atoms with Crippen LogP contribution in [0.4, 0.5) is 5.69 Å². The van der Waals surface area contributed by atoms with Gasteiger partial charge in [0.15, 0.2) is 5.69 Å². The number of nitriles is 1. The molecule has 80 valence electrons. The number of rotatable bonds is 4. The van der Waals surface area contributed by atoms with E-state index in [4.69, 9.17) is 16.1 Å². The number of nitrogens with zero attached hydrogens (tertiary/aromatic N) is 2. The summed E-state index contributed by atoms with van der Waals surface area (Å²) in [6.45, 7) is 2.17. The van der Waals surface area contributed by atoms with Crippen LogP contribution >= 0.6 is 11.8 Å². The number of pyridine rings is 1. The van der Waals surface area contributed by atoms with E-state index in [-0.39, 0.29) is 17.6 Å². The summed E-state index contributed by atoms with van der Waals surface area (Å²) in [7, 11) is 0. The average molecular weight is 223 g/mol. The fourth-order valence-electron chi connectivity index (χ4n) is 1.05. The third kappa shape index (κ3) is 3.42. The Balaban J connectivity index is 2.75. The summed E-state index contributed by atoms with van der Waals surface area (Å²) < 4.78 is 0. The maximum Gasteiger partial charge on any atom is 0.164 e. The van der Waals surface area contributed by atoms with E-state index < -0.39 is 0 Å². The third-order valence-corrected chi connectivity index (χ3v) is 2.97. The molecule has 1 atom stereocenters. The van der Waals surface area contributed by atoms with Crippen molar-refractivity contribution < 1.29 is 5.11 Å². The van der Waals surface area contributed by atoms with Gasteiger partial charge in [0.2, 0.25) is 0 Å². The van der Waals surface area contributed by atoms with Crippen LogP contribution in [-0.2, 0) is 0 Å². The number of nitrogens with two attached hydrogens (primary N) is 1. The van der Waals surface area contributed by atoms with E-state index in [9.17, 15) is 0 Å². The molecular formula is C10H13N3OS. The van der Waals surface area contributed by atoms with Gasteiger partial charge in [-0.15, -0.1) is 11.8 Å². The zero-order valence-corrected chi connectivity index (χ0v) is 9.29. The molecule has 4 nitrogen and oxygen atoms in total. The van der Waals surface area contributed by atoms with Crippen molar-refractivity contribution in [2.75, 3.05) is 12.3 Å². The number of thioether (sulfide) groups is 1. The fourth-order valence-corrected chi connectivity index (χ4v) is 1.98. The fraction of sp³-hybridized carbons (Fsp3) is 0.400. The largest absolute Gasteiger partial charge is 0.396 e. The van der Waals surface area contributed by atoms with Crippen LogP contribution in [0.3, 0.4) is 0 Å². The van der Waals surface area contributed by atoms with E-state index in [2.05, 4.69) is 4.98 Å². The SMILES string of the molecule is CC(CCO)Sc1ccc(N)c(C#N)n1. The number of aliphatic hydroxyl groups is 1. The average Bonchev–Trinajstić information content (AvgIpc) is 2.21. The Kier molecular flexibility index (Phi) is 4.40. The number of hydrogen-bond acceptors (Lipinski definition) is 5. The molecule has 5 heteroatoms. The standard InChI is InChI=1S/C10H13N3OS/c1-7(4-5-14)15-10-3-2-8(12)9(6-11)13-10/h2-3,7,14H,4-5,12H2,1H3. The van der Waals surface area contributed by atoms with Crippen LogP contribution in [-0.4, -0.2) is 21.9 Å². The Morgan fingerprint density at radius 2 is 2.40 bits per heavy atom. The summed E-state index contributed by atoms with van der Waals surface area (Å²) in [5.41, 5.74) is 6.22. The van der Waals surface area contributed by atoms with Crippen molar-refractivity contribution >= 4 is 17.4 Å². The zero-order chi connectivity index (χ0) is 11.3. The van der Waals surface area contributed by atoms with Crippen molar-refractivity contribution in [1.82, 2.24) is 4.98 Å². The Labute approximate surface area is 93.1 Å². The third-order valence-electron chi connectivity index (χ3n) is 1.86. The van der Waals surface area contributed by atoms with Crippen LogP contribution in [0.5, 0.6) is 0 Å². The molecule has 0 saturated carbocycles. The highest BCUT2D eigenvalue weighted by Crippen LogP contribution is 2.24. The Morgan fingerprint density at radius 3 is 3.00 bits per heavy atom. The minimum absolute atomic E-state index is 0.161. The van der Waals surface area contributed by atoms with Gasteiger partial charge in [0.05, 0.1) is 10.7 Å². The van der Waals surface area contributed by atoms with E-state index >= 15 is 0 Å². The molecule has 1 heterocycles. The molecule has 0 aliphatic rings. The summed E-state index contributed by atoms with van der Waals surface area (Å²) in [4.78, 5) is 4.11. The minimum Gasteiger partial charge on any atom is -0.396 e. The van der Waals surface area contributed by atoms with Crippen molar-refractivity contribution in [2.45, 2.75) is 23.6 Å². The highest BCUT2D eigenvalue weighted by atomic mass is 32.2. The van der Waals surface area contributed by atoms with Gasteiger partial charge in [-0.3, -0.25) is 0 Å². The summed E-state index contributed by atoms with van der Waals surface area (Å²) in [5, 5.41) is 18.5. The first-order valence-corrected chi connectivity index (χ1v) is 5.49. The molecule has 0 fully saturated rings. The minimum atomic E-state index is 0.161. The molecule has 0 saturated heterocycles. The second-order valence-corrected chi connectivity index (χ2v) is 4.60. The lowest BCUT2D eigenvalue weighted by atomic mass is 10.3. The van der Waals surface area contributed by atoms with E-state index in [0.717, 1.165) is 5.03 Å². The van der Waals surface area contributed by atoms with Gasteiger partial charge >= 0.3 is 0 Å². The van der Waals surface area contributed by atoms with Crippen LogP contribution in [0.2, 0.25) is 0 Å². The van der Waals surface area contributed by atoms with Crippen molar-refractivity contribution in [2.24, 2.45) is 0 Å². The lowest BCUT2D eigenvalue weighted by molar-refractivity contribution is 0.289. The lowest BCUT2D eigenvalue weighted by Crippen LogP contribution is -2.01. The van der Waals surface area contributed by atoms with Crippen LogP contribution in [0, 0.1) is 11.3 Å². The summed E-state index contributed by atoms with van der Waals surface area (Å²) in [6.07, 6.45) is 0.707. The van der Waals surface area contributed by atoms with E-state index in [0.29, 0.717) is 12.1 Å². The topological polar surface area (TPSA) is 82.9 Å². The maximum absolute atomic E-state index is 8.75. The lowest BCUT2D eigenvalue weighted by Gasteiger charge is -2.08. The van der Waals surface area contributed by atoms with Gasteiger partial charge in [0.25, 0.3) is 0 Å². The molecule has 1 rings (SSSR count). The number of hydrogen-bond donors (Lipinski definition) is 2. The first-order valence-electron chi connectivity index (χ1n) is 4.61. The second-order valence-electron chi connectivity index (χ2n) is 3.14. The van der Waals surface area contributed by atoms with E-state index in [1.54, 1.807) is 12.1 Å².